The highest BCUT2D eigenvalue weighted by Gasteiger charge is 2.38. The zero-order chi connectivity index (χ0) is 21.9. The smallest absolute Gasteiger partial charge is 0.130 e. The molecule has 0 heterocycles. The Morgan fingerprint density at radius 2 is 0.931 bits per heavy atom. The van der Waals surface area contributed by atoms with Crippen LogP contribution in [0.1, 0.15) is 44.5 Å². The maximum absolute atomic E-state index is 10.8. The lowest BCUT2D eigenvalue weighted by Crippen LogP contribution is -2.34. The number of benzene rings is 2. The predicted molar refractivity (Wildman–Crippen MR) is 119 cm³/mol. The van der Waals surface area contributed by atoms with Gasteiger partial charge < -0.3 is 20.4 Å². The van der Waals surface area contributed by atoms with Crippen LogP contribution >= 0.6 is 0 Å². The van der Waals surface area contributed by atoms with Gasteiger partial charge in [-0.3, -0.25) is 0 Å². The molecule has 29 heavy (non-hydrogen) atoms. The third-order valence-corrected chi connectivity index (χ3v) is 6.03. The number of hydrogen-bond donors (Lipinski definition) is 4. The molecule has 0 fully saturated rings. The number of aliphatic hydroxyl groups is 4. The van der Waals surface area contributed by atoms with Crippen molar-refractivity contribution >= 4 is 12.2 Å². The highest BCUT2D eigenvalue weighted by molar-refractivity contribution is 5.61. The summed E-state index contributed by atoms with van der Waals surface area (Å²) >= 11 is 0. The van der Waals surface area contributed by atoms with Crippen LogP contribution in [-0.4, -0.2) is 33.6 Å². The summed E-state index contributed by atoms with van der Waals surface area (Å²) in [6.45, 7) is 10.7. The maximum atomic E-state index is 10.8. The van der Waals surface area contributed by atoms with Gasteiger partial charge >= 0.3 is 0 Å². The minimum Gasteiger partial charge on any atom is -0.511 e. The quantitative estimate of drug-likeness (QED) is 0.518. The Morgan fingerprint density at radius 1 is 0.655 bits per heavy atom. The Kier molecular flexibility index (Phi) is 6.93. The molecular formula is C25H32O4. The second kappa shape index (κ2) is 8.85. The van der Waals surface area contributed by atoms with Crippen molar-refractivity contribution in [3.05, 3.63) is 80.3 Å². The maximum Gasteiger partial charge on any atom is 0.130 e. The molecule has 0 spiro atoms. The second-order valence-corrected chi connectivity index (χ2v) is 8.02. The van der Waals surface area contributed by atoms with Gasteiger partial charge in [-0.15, -0.1) is 0 Å². The first kappa shape index (κ1) is 22.7. The van der Waals surface area contributed by atoms with Gasteiger partial charge in [0.15, 0.2) is 0 Å². The Hall–Kier alpha value is -2.56. The Labute approximate surface area is 173 Å². The van der Waals surface area contributed by atoms with E-state index < -0.39 is 18.6 Å². The molecule has 4 N–H and O–H groups in total. The van der Waals surface area contributed by atoms with Crippen LogP contribution in [0.25, 0.3) is 12.2 Å². The van der Waals surface area contributed by atoms with Crippen molar-refractivity contribution < 1.29 is 20.4 Å². The molecule has 2 aromatic carbocycles. The molecule has 4 nitrogen and oxygen atoms in total. The summed E-state index contributed by atoms with van der Waals surface area (Å²) in [4.78, 5) is 0. The molecule has 0 saturated heterocycles. The van der Waals surface area contributed by atoms with E-state index in [1.54, 1.807) is 0 Å². The van der Waals surface area contributed by atoms with E-state index >= 15 is 0 Å². The fourth-order valence-electron chi connectivity index (χ4n) is 3.40. The lowest BCUT2D eigenvalue weighted by molar-refractivity contribution is 0.0487. The van der Waals surface area contributed by atoms with Crippen LogP contribution in [-0.2, 0) is 0 Å². The zero-order valence-corrected chi connectivity index (χ0v) is 18.2. The summed E-state index contributed by atoms with van der Waals surface area (Å²) in [6, 6.07) is 7.69. The molecule has 0 bridgehead atoms. The summed E-state index contributed by atoms with van der Waals surface area (Å²) in [5, 5.41) is 41.6. The van der Waals surface area contributed by atoms with E-state index in [0.29, 0.717) is 0 Å². The highest BCUT2D eigenvalue weighted by Crippen LogP contribution is 2.35. The van der Waals surface area contributed by atoms with Gasteiger partial charge in [0, 0.05) is 0 Å². The van der Waals surface area contributed by atoms with Crippen molar-refractivity contribution in [3.63, 3.8) is 0 Å². The molecule has 156 valence electrons. The van der Waals surface area contributed by atoms with Gasteiger partial charge in [-0.25, -0.2) is 0 Å². The molecule has 0 aromatic heterocycles. The van der Waals surface area contributed by atoms with E-state index in [1.807, 2.05) is 65.8 Å². The van der Waals surface area contributed by atoms with Crippen LogP contribution in [0.3, 0.4) is 0 Å². The molecule has 0 amide bonds. The van der Waals surface area contributed by atoms with Crippen LogP contribution in [0.5, 0.6) is 0 Å². The SMILES string of the molecule is Cc1cc(C=C(O)C(CO)(CO)C(O)=Cc2cc(C)c(C)c(C)c2)cc(C)c1C. The highest BCUT2D eigenvalue weighted by atomic mass is 16.3. The summed E-state index contributed by atoms with van der Waals surface area (Å²) in [7, 11) is 0. The van der Waals surface area contributed by atoms with Crippen LogP contribution < -0.4 is 0 Å². The first-order chi connectivity index (χ1) is 13.5. The van der Waals surface area contributed by atoms with E-state index in [9.17, 15) is 20.4 Å². The number of rotatable bonds is 6. The van der Waals surface area contributed by atoms with Gasteiger partial charge in [0.1, 0.15) is 16.9 Å². The molecule has 0 aliphatic rings. The van der Waals surface area contributed by atoms with E-state index in [2.05, 4.69) is 0 Å². The monoisotopic (exact) mass is 396 g/mol. The Morgan fingerprint density at radius 3 is 1.17 bits per heavy atom. The third kappa shape index (κ3) is 4.55. The fraction of sp³-hybridized carbons (Fsp3) is 0.360. The molecule has 4 heteroatoms. The molecule has 2 rings (SSSR count). The fourth-order valence-corrected chi connectivity index (χ4v) is 3.40. The van der Waals surface area contributed by atoms with E-state index in [0.717, 1.165) is 33.4 Å². The predicted octanol–water partition coefficient (Wildman–Crippen LogP) is 5.01. The average Bonchev–Trinajstić information content (AvgIpc) is 2.65. The summed E-state index contributed by atoms with van der Waals surface area (Å²) in [5.41, 5.74) is 6.45. The molecule has 0 aliphatic carbocycles. The normalized spacial score (nSPS) is 13.1. The van der Waals surface area contributed by atoms with Crippen LogP contribution in [0, 0.1) is 47.0 Å². The van der Waals surface area contributed by atoms with E-state index in [1.165, 1.54) is 23.3 Å². The van der Waals surface area contributed by atoms with Gasteiger partial charge in [0.2, 0.25) is 0 Å². The van der Waals surface area contributed by atoms with Crippen molar-refractivity contribution in [2.75, 3.05) is 13.2 Å². The van der Waals surface area contributed by atoms with Gasteiger partial charge in [-0.05, 0) is 98.2 Å². The molecular weight excluding hydrogens is 364 g/mol. The van der Waals surface area contributed by atoms with Gasteiger partial charge in [-0.2, -0.15) is 0 Å². The summed E-state index contributed by atoms with van der Waals surface area (Å²) in [6.07, 6.45) is 2.98. The van der Waals surface area contributed by atoms with Crippen molar-refractivity contribution in [1.29, 1.82) is 0 Å². The average molecular weight is 397 g/mol. The van der Waals surface area contributed by atoms with Gasteiger partial charge in [0.25, 0.3) is 0 Å². The van der Waals surface area contributed by atoms with Crippen molar-refractivity contribution in [2.45, 2.75) is 41.5 Å². The Bertz CT molecular complexity index is 841. The molecule has 0 radical (unpaired) electrons. The van der Waals surface area contributed by atoms with Crippen molar-refractivity contribution in [2.24, 2.45) is 5.41 Å². The number of aliphatic hydroxyl groups excluding tert-OH is 4. The third-order valence-electron chi connectivity index (χ3n) is 6.03. The summed E-state index contributed by atoms with van der Waals surface area (Å²) in [5.74, 6) is -0.584. The molecule has 2 aromatic rings. The zero-order valence-electron chi connectivity index (χ0n) is 18.2. The first-order valence-corrected chi connectivity index (χ1v) is 9.75. The molecule has 0 aliphatic heterocycles. The molecule has 0 atom stereocenters. The van der Waals surface area contributed by atoms with E-state index in [4.69, 9.17) is 0 Å². The number of aryl methyl sites for hydroxylation is 4. The molecule has 0 unspecified atom stereocenters. The summed E-state index contributed by atoms with van der Waals surface area (Å²) < 4.78 is 0. The second-order valence-electron chi connectivity index (χ2n) is 8.02. The number of hydrogen-bond acceptors (Lipinski definition) is 4. The van der Waals surface area contributed by atoms with Gasteiger partial charge in [0.05, 0.1) is 13.2 Å². The van der Waals surface area contributed by atoms with Crippen molar-refractivity contribution in [3.8, 4) is 0 Å². The Balaban J connectivity index is 2.54. The van der Waals surface area contributed by atoms with Crippen LogP contribution in [0.15, 0.2) is 35.8 Å². The topological polar surface area (TPSA) is 80.9 Å². The van der Waals surface area contributed by atoms with Crippen LogP contribution in [0.4, 0.5) is 0 Å². The largest absolute Gasteiger partial charge is 0.511 e. The van der Waals surface area contributed by atoms with Crippen LogP contribution in [0.2, 0.25) is 0 Å². The van der Waals surface area contributed by atoms with Gasteiger partial charge in [-0.1, -0.05) is 24.3 Å². The minimum atomic E-state index is -1.68. The lowest BCUT2D eigenvalue weighted by Gasteiger charge is -2.28. The van der Waals surface area contributed by atoms with Crippen molar-refractivity contribution in [1.82, 2.24) is 0 Å². The van der Waals surface area contributed by atoms with E-state index in [-0.39, 0.29) is 11.5 Å². The first-order valence-electron chi connectivity index (χ1n) is 9.75. The minimum absolute atomic E-state index is 0.292. The standard InChI is InChI=1S/C25H32O4/c1-15-7-21(8-16(2)19(15)5)11-23(28)25(13-26,14-27)24(29)12-22-9-17(3)20(6)18(4)10-22/h7-12,26-29H,13-14H2,1-6H3. The molecule has 0 saturated carbocycles. The lowest BCUT2D eigenvalue weighted by atomic mass is 9.83.